The third kappa shape index (κ3) is 5.82. The highest BCUT2D eigenvalue weighted by Gasteiger charge is 2.21. The maximum Gasteiger partial charge on any atom is 0.325 e. The first-order valence-corrected chi connectivity index (χ1v) is 10.7. The van der Waals surface area contributed by atoms with Crippen molar-refractivity contribution in [3.63, 3.8) is 0 Å². The number of amides is 2. The maximum atomic E-state index is 12.9. The van der Waals surface area contributed by atoms with Gasteiger partial charge in [-0.2, -0.15) is 4.98 Å². The first-order valence-electron chi connectivity index (χ1n) is 9.93. The molecule has 3 rings (SSSR count). The number of methoxy groups -OCH3 is 3. The van der Waals surface area contributed by atoms with Gasteiger partial charge in [-0.1, -0.05) is 12.1 Å². The van der Waals surface area contributed by atoms with Crippen molar-refractivity contribution in [2.45, 2.75) is 20.0 Å². The monoisotopic (exact) mass is 472 g/mol. The van der Waals surface area contributed by atoms with Gasteiger partial charge in [-0.25, -0.2) is 4.98 Å². The standard InChI is InChI=1S/C22H24N4O6S/c1-12-18-21(32-4)25-15(11-30-2)26-22(18)33-19(12)20(29)24-14-7-5-13(6-8-14)9-16(27)23-10-17(28)31-3/h5-8H,9-11H2,1-4H3,(H,23,27)(H,24,29). The Hall–Kier alpha value is -3.57. The molecule has 0 fully saturated rings. The van der Waals surface area contributed by atoms with E-state index in [2.05, 4.69) is 25.3 Å². The SMILES string of the molecule is COCc1nc(OC)c2c(C)c(C(=O)Nc3ccc(CC(=O)NCC(=O)OC)cc3)sc2n1. The van der Waals surface area contributed by atoms with E-state index in [0.717, 1.165) is 11.1 Å². The normalized spacial score (nSPS) is 10.7. The van der Waals surface area contributed by atoms with Crippen LogP contribution in [0.4, 0.5) is 5.69 Å². The number of aryl methyl sites for hydroxylation is 1. The molecule has 2 N–H and O–H groups in total. The summed E-state index contributed by atoms with van der Waals surface area (Å²) in [6.07, 6.45) is 0.100. The van der Waals surface area contributed by atoms with Crippen LogP contribution in [0.2, 0.25) is 0 Å². The lowest BCUT2D eigenvalue weighted by Gasteiger charge is -2.07. The van der Waals surface area contributed by atoms with E-state index in [-0.39, 0.29) is 31.4 Å². The molecule has 0 aliphatic carbocycles. The van der Waals surface area contributed by atoms with Gasteiger partial charge in [0.25, 0.3) is 5.91 Å². The van der Waals surface area contributed by atoms with Gasteiger partial charge in [0, 0.05) is 12.8 Å². The topological polar surface area (TPSA) is 129 Å². The van der Waals surface area contributed by atoms with Crippen LogP contribution in [0, 0.1) is 6.92 Å². The van der Waals surface area contributed by atoms with Crippen molar-refractivity contribution < 1.29 is 28.6 Å². The van der Waals surface area contributed by atoms with Gasteiger partial charge in [-0.3, -0.25) is 14.4 Å². The molecule has 2 amide bonds. The van der Waals surface area contributed by atoms with Gasteiger partial charge >= 0.3 is 5.97 Å². The summed E-state index contributed by atoms with van der Waals surface area (Å²) >= 11 is 1.25. The number of nitrogens with one attached hydrogen (secondary N) is 2. The Kier molecular flexibility index (Phi) is 7.91. The van der Waals surface area contributed by atoms with Crippen LogP contribution in [0.3, 0.4) is 0 Å². The Morgan fingerprint density at radius 1 is 1.06 bits per heavy atom. The zero-order valence-electron chi connectivity index (χ0n) is 18.7. The molecule has 0 saturated carbocycles. The van der Waals surface area contributed by atoms with E-state index in [0.29, 0.717) is 32.5 Å². The van der Waals surface area contributed by atoms with Crippen LogP contribution >= 0.6 is 11.3 Å². The van der Waals surface area contributed by atoms with E-state index in [4.69, 9.17) is 9.47 Å². The van der Waals surface area contributed by atoms with Crippen molar-refractivity contribution in [2.24, 2.45) is 0 Å². The molecule has 0 unspecified atom stereocenters. The van der Waals surface area contributed by atoms with Gasteiger partial charge in [-0.15, -0.1) is 11.3 Å². The number of aromatic nitrogens is 2. The molecule has 2 heterocycles. The summed E-state index contributed by atoms with van der Waals surface area (Å²) in [4.78, 5) is 45.9. The molecule has 11 heteroatoms. The number of hydrogen-bond donors (Lipinski definition) is 2. The lowest BCUT2D eigenvalue weighted by atomic mass is 10.1. The molecule has 174 valence electrons. The molecule has 10 nitrogen and oxygen atoms in total. The van der Waals surface area contributed by atoms with Crippen LogP contribution in [-0.4, -0.2) is 55.6 Å². The molecular formula is C22H24N4O6S. The smallest absolute Gasteiger partial charge is 0.325 e. The van der Waals surface area contributed by atoms with Gasteiger partial charge < -0.3 is 24.8 Å². The fourth-order valence-corrected chi connectivity index (χ4v) is 4.17. The fourth-order valence-electron chi connectivity index (χ4n) is 3.09. The van der Waals surface area contributed by atoms with Gasteiger partial charge in [-0.05, 0) is 30.2 Å². The zero-order valence-corrected chi connectivity index (χ0v) is 19.5. The third-order valence-corrected chi connectivity index (χ3v) is 5.89. The van der Waals surface area contributed by atoms with Gasteiger partial charge in [0.05, 0.1) is 30.9 Å². The van der Waals surface area contributed by atoms with Crippen LogP contribution in [-0.2, 0) is 32.1 Å². The Labute approximate surface area is 194 Å². The number of fused-ring (bicyclic) bond motifs is 1. The van der Waals surface area contributed by atoms with Crippen molar-refractivity contribution in [3.05, 3.63) is 46.1 Å². The van der Waals surface area contributed by atoms with Crippen LogP contribution in [0.25, 0.3) is 10.2 Å². The number of carbonyl (C=O) groups is 3. The van der Waals surface area contributed by atoms with E-state index in [1.807, 2.05) is 6.92 Å². The molecule has 33 heavy (non-hydrogen) atoms. The van der Waals surface area contributed by atoms with Crippen LogP contribution in [0.15, 0.2) is 24.3 Å². The molecule has 0 saturated heterocycles. The number of esters is 1. The fraction of sp³-hybridized carbons (Fsp3) is 0.318. The lowest BCUT2D eigenvalue weighted by Crippen LogP contribution is -2.31. The number of benzene rings is 1. The highest BCUT2D eigenvalue weighted by atomic mass is 32.1. The summed E-state index contributed by atoms with van der Waals surface area (Å²) in [6, 6.07) is 6.88. The van der Waals surface area contributed by atoms with Crippen molar-refractivity contribution in [3.8, 4) is 5.88 Å². The third-order valence-electron chi connectivity index (χ3n) is 4.71. The Balaban J connectivity index is 1.71. The molecule has 0 spiro atoms. The van der Waals surface area contributed by atoms with Crippen molar-refractivity contribution >= 4 is 45.0 Å². The van der Waals surface area contributed by atoms with Crippen molar-refractivity contribution in [1.82, 2.24) is 15.3 Å². The number of carbonyl (C=O) groups excluding carboxylic acids is 3. The molecule has 0 radical (unpaired) electrons. The minimum atomic E-state index is -0.517. The Bertz CT molecular complexity index is 1180. The molecule has 0 aliphatic rings. The second-order valence-electron chi connectivity index (χ2n) is 7.00. The molecule has 1 aromatic carbocycles. The average Bonchev–Trinajstić information content (AvgIpc) is 3.15. The van der Waals surface area contributed by atoms with Gasteiger partial charge in [0.2, 0.25) is 11.8 Å². The number of nitrogens with zero attached hydrogens (tertiary/aromatic N) is 2. The number of anilines is 1. The summed E-state index contributed by atoms with van der Waals surface area (Å²) in [6.45, 7) is 1.88. The summed E-state index contributed by atoms with van der Waals surface area (Å²) in [5, 5.41) is 6.04. The Morgan fingerprint density at radius 3 is 2.42 bits per heavy atom. The van der Waals surface area contributed by atoms with E-state index in [1.54, 1.807) is 31.4 Å². The quantitative estimate of drug-likeness (QED) is 0.454. The van der Waals surface area contributed by atoms with Crippen LogP contribution in [0.5, 0.6) is 5.88 Å². The van der Waals surface area contributed by atoms with Gasteiger partial charge in [0.1, 0.15) is 18.0 Å². The molecular weight excluding hydrogens is 448 g/mol. The average molecular weight is 473 g/mol. The highest BCUT2D eigenvalue weighted by Crippen LogP contribution is 2.35. The summed E-state index contributed by atoms with van der Waals surface area (Å²) in [5.74, 6) is -0.234. The number of thiophene rings is 1. The van der Waals surface area contributed by atoms with E-state index < -0.39 is 5.97 Å². The first kappa shape index (κ1) is 24.1. The van der Waals surface area contributed by atoms with Crippen LogP contribution < -0.4 is 15.4 Å². The minimum Gasteiger partial charge on any atom is -0.480 e. The number of rotatable bonds is 9. The Morgan fingerprint density at radius 2 is 1.79 bits per heavy atom. The minimum absolute atomic E-state index is 0.100. The molecule has 0 atom stereocenters. The van der Waals surface area contributed by atoms with E-state index in [1.165, 1.54) is 25.6 Å². The van der Waals surface area contributed by atoms with Gasteiger partial charge in [0.15, 0.2) is 5.82 Å². The summed E-state index contributed by atoms with van der Waals surface area (Å²) in [5.41, 5.74) is 2.04. The van der Waals surface area contributed by atoms with E-state index >= 15 is 0 Å². The van der Waals surface area contributed by atoms with Crippen LogP contribution in [0.1, 0.15) is 26.6 Å². The highest BCUT2D eigenvalue weighted by molar-refractivity contribution is 7.20. The van der Waals surface area contributed by atoms with Crippen molar-refractivity contribution in [2.75, 3.05) is 33.2 Å². The summed E-state index contributed by atoms with van der Waals surface area (Å²) < 4.78 is 15.0. The second-order valence-corrected chi connectivity index (χ2v) is 8.00. The maximum absolute atomic E-state index is 12.9. The predicted octanol–water partition coefficient (Wildman–Crippen LogP) is 2.24. The molecule has 0 aliphatic heterocycles. The lowest BCUT2D eigenvalue weighted by molar-refractivity contribution is -0.141. The largest absolute Gasteiger partial charge is 0.480 e. The molecule has 3 aromatic rings. The van der Waals surface area contributed by atoms with E-state index in [9.17, 15) is 14.4 Å². The molecule has 2 aromatic heterocycles. The second kappa shape index (κ2) is 10.8. The zero-order chi connectivity index (χ0) is 24.0. The summed E-state index contributed by atoms with van der Waals surface area (Å²) in [7, 11) is 4.33. The number of hydrogen-bond acceptors (Lipinski definition) is 9. The number of ether oxygens (including phenoxy) is 3. The molecule has 0 bridgehead atoms. The predicted molar refractivity (Wildman–Crippen MR) is 123 cm³/mol. The first-order chi connectivity index (χ1) is 15.9. The van der Waals surface area contributed by atoms with Crippen molar-refractivity contribution in [1.29, 1.82) is 0 Å².